The highest BCUT2D eigenvalue weighted by Gasteiger charge is 2.05. The lowest BCUT2D eigenvalue weighted by Crippen LogP contribution is -1.75. The second kappa shape index (κ2) is 3.64. The van der Waals surface area contributed by atoms with E-state index < -0.39 is 0 Å². The number of hydrogen-bond acceptors (Lipinski definition) is 3. The van der Waals surface area contributed by atoms with E-state index in [1.807, 2.05) is 12.1 Å². The number of aldehydes is 1. The first kappa shape index (κ1) is 8.97. The van der Waals surface area contributed by atoms with E-state index in [1.165, 1.54) is 0 Å². The summed E-state index contributed by atoms with van der Waals surface area (Å²) in [5.74, 6) is 0.208. The fraction of sp³-hybridized carbons (Fsp3) is 0. The molecular formula is C10H6ClNO2. The van der Waals surface area contributed by atoms with Crippen molar-refractivity contribution in [1.29, 1.82) is 0 Å². The molecule has 0 aliphatic carbocycles. The van der Waals surface area contributed by atoms with Gasteiger partial charge in [0, 0.05) is 16.7 Å². The number of halogens is 1. The molecule has 3 nitrogen and oxygen atoms in total. The van der Waals surface area contributed by atoms with Crippen LogP contribution in [-0.2, 0) is 0 Å². The molecule has 0 amide bonds. The third kappa shape index (κ3) is 1.67. The minimum absolute atomic E-state index is 0.208. The summed E-state index contributed by atoms with van der Waals surface area (Å²) in [5.41, 5.74) is 1.43. The Kier molecular flexibility index (Phi) is 2.33. The van der Waals surface area contributed by atoms with E-state index in [-0.39, 0.29) is 5.76 Å². The van der Waals surface area contributed by atoms with Gasteiger partial charge in [0.1, 0.15) is 5.69 Å². The summed E-state index contributed by atoms with van der Waals surface area (Å²) in [4.78, 5) is 10.4. The standard InChI is InChI=1S/C10H6ClNO2/c11-8-3-1-2-7(4-8)10-5-9(6-13)14-12-10/h1-6H. The van der Waals surface area contributed by atoms with Crippen LogP contribution in [0.25, 0.3) is 11.3 Å². The van der Waals surface area contributed by atoms with Gasteiger partial charge in [0.15, 0.2) is 12.0 Å². The van der Waals surface area contributed by atoms with Crippen LogP contribution in [-0.4, -0.2) is 11.4 Å². The van der Waals surface area contributed by atoms with Gasteiger partial charge < -0.3 is 4.52 Å². The monoisotopic (exact) mass is 207 g/mol. The van der Waals surface area contributed by atoms with E-state index in [0.717, 1.165) is 5.56 Å². The average Bonchev–Trinajstić information content (AvgIpc) is 2.66. The minimum Gasteiger partial charge on any atom is -0.353 e. The van der Waals surface area contributed by atoms with Gasteiger partial charge in [-0.3, -0.25) is 4.79 Å². The van der Waals surface area contributed by atoms with E-state index in [9.17, 15) is 4.79 Å². The summed E-state index contributed by atoms with van der Waals surface area (Å²) in [6.07, 6.45) is 0.612. The summed E-state index contributed by atoms with van der Waals surface area (Å²) >= 11 is 5.81. The second-order valence-corrected chi connectivity index (χ2v) is 3.18. The van der Waals surface area contributed by atoms with Crippen LogP contribution in [0.3, 0.4) is 0 Å². The van der Waals surface area contributed by atoms with Crippen LogP contribution in [0.4, 0.5) is 0 Å². The first-order valence-corrected chi connectivity index (χ1v) is 4.35. The molecule has 0 N–H and O–H groups in total. The van der Waals surface area contributed by atoms with Crippen molar-refractivity contribution in [2.75, 3.05) is 0 Å². The van der Waals surface area contributed by atoms with Gasteiger partial charge in [0.2, 0.25) is 0 Å². The zero-order chi connectivity index (χ0) is 9.97. The lowest BCUT2D eigenvalue weighted by atomic mass is 10.1. The zero-order valence-corrected chi connectivity index (χ0v) is 7.86. The van der Waals surface area contributed by atoms with Gasteiger partial charge in [-0.1, -0.05) is 28.9 Å². The normalized spacial score (nSPS) is 10.1. The van der Waals surface area contributed by atoms with E-state index in [1.54, 1.807) is 18.2 Å². The van der Waals surface area contributed by atoms with Gasteiger partial charge in [-0.25, -0.2) is 0 Å². The Bertz CT molecular complexity index is 465. The molecule has 4 heteroatoms. The molecule has 0 aliphatic rings. The van der Waals surface area contributed by atoms with Crippen molar-refractivity contribution in [1.82, 2.24) is 5.16 Å². The number of aromatic nitrogens is 1. The van der Waals surface area contributed by atoms with Crippen LogP contribution >= 0.6 is 11.6 Å². The topological polar surface area (TPSA) is 43.1 Å². The number of rotatable bonds is 2. The maximum absolute atomic E-state index is 10.4. The SMILES string of the molecule is O=Cc1cc(-c2cccc(Cl)c2)no1. The first-order chi connectivity index (χ1) is 6.79. The fourth-order valence-corrected chi connectivity index (χ4v) is 1.32. The second-order valence-electron chi connectivity index (χ2n) is 2.74. The number of benzene rings is 1. The molecule has 0 spiro atoms. The Morgan fingerprint density at radius 1 is 1.36 bits per heavy atom. The van der Waals surface area contributed by atoms with Crippen molar-refractivity contribution in [2.45, 2.75) is 0 Å². The molecule has 2 aromatic rings. The summed E-state index contributed by atoms with van der Waals surface area (Å²) in [6, 6.07) is 8.75. The molecule has 0 radical (unpaired) electrons. The fourth-order valence-electron chi connectivity index (χ4n) is 1.13. The number of nitrogens with zero attached hydrogens (tertiary/aromatic N) is 1. The van der Waals surface area contributed by atoms with Crippen LogP contribution in [0.2, 0.25) is 5.02 Å². The van der Waals surface area contributed by atoms with Crippen molar-refractivity contribution >= 4 is 17.9 Å². The van der Waals surface area contributed by atoms with Crippen molar-refractivity contribution in [3.8, 4) is 11.3 Å². The molecule has 2 rings (SSSR count). The summed E-state index contributed by atoms with van der Waals surface area (Å²) in [5, 5.41) is 4.36. The molecule has 1 aromatic heterocycles. The molecule has 0 bridgehead atoms. The Labute approximate surface area is 85.3 Å². The van der Waals surface area contributed by atoms with Crippen LogP contribution in [0.5, 0.6) is 0 Å². The van der Waals surface area contributed by atoms with E-state index in [0.29, 0.717) is 17.0 Å². The van der Waals surface area contributed by atoms with Crippen molar-refractivity contribution in [3.05, 3.63) is 41.1 Å². The van der Waals surface area contributed by atoms with Gasteiger partial charge in [0.05, 0.1) is 0 Å². The van der Waals surface area contributed by atoms with Gasteiger partial charge in [0.25, 0.3) is 0 Å². The zero-order valence-electron chi connectivity index (χ0n) is 7.11. The maximum Gasteiger partial charge on any atom is 0.199 e. The Balaban J connectivity index is 2.43. The van der Waals surface area contributed by atoms with Crippen molar-refractivity contribution in [3.63, 3.8) is 0 Å². The quantitative estimate of drug-likeness (QED) is 0.712. The predicted octanol–water partition coefficient (Wildman–Crippen LogP) is 2.81. The summed E-state index contributed by atoms with van der Waals surface area (Å²) < 4.78 is 4.75. The van der Waals surface area contributed by atoms with Crippen molar-refractivity contribution in [2.24, 2.45) is 0 Å². The summed E-state index contributed by atoms with van der Waals surface area (Å²) in [7, 11) is 0. The largest absolute Gasteiger partial charge is 0.353 e. The molecular weight excluding hydrogens is 202 g/mol. The predicted molar refractivity (Wildman–Crippen MR) is 52.3 cm³/mol. The smallest absolute Gasteiger partial charge is 0.199 e. The lowest BCUT2D eigenvalue weighted by Gasteiger charge is -1.94. The molecule has 1 aromatic carbocycles. The van der Waals surface area contributed by atoms with Crippen LogP contribution in [0.15, 0.2) is 34.9 Å². The van der Waals surface area contributed by atoms with Crippen LogP contribution < -0.4 is 0 Å². The highest BCUT2D eigenvalue weighted by molar-refractivity contribution is 6.30. The van der Waals surface area contributed by atoms with E-state index in [4.69, 9.17) is 16.1 Å². The number of carbonyl (C=O) groups is 1. The molecule has 0 atom stereocenters. The Morgan fingerprint density at radius 3 is 2.86 bits per heavy atom. The number of carbonyl (C=O) groups excluding carboxylic acids is 1. The van der Waals surface area contributed by atoms with E-state index >= 15 is 0 Å². The third-order valence-electron chi connectivity index (χ3n) is 1.76. The molecule has 0 saturated heterocycles. The molecule has 14 heavy (non-hydrogen) atoms. The summed E-state index contributed by atoms with van der Waals surface area (Å²) in [6.45, 7) is 0. The van der Waals surface area contributed by atoms with Gasteiger partial charge in [-0.05, 0) is 12.1 Å². The van der Waals surface area contributed by atoms with Gasteiger partial charge in [-0.15, -0.1) is 0 Å². The van der Waals surface area contributed by atoms with Gasteiger partial charge in [-0.2, -0.15) is 0 Å². The molecule has 0 aliphatic heterocycles. The van der Waals surface area contributed by atoms with E-state index in [2.05, 4.69) is 5.16 Å². The molecule has 1 heterocycles. The van der Waals surface area contributed by atoms with Crippen LogP contribution in [0.1, 0.15) is 10.6 Å². The molecule has 0 fully saturated rings. The third-order valence-corrected chi connectivity index (χ3v) is 2.00. The number of hydrogen-bond donors (Lipinski definition) is 0. The molecule has 0 unspecified atom stereocenters. The Morgan fingerprint density at radius 2 is 2.21 bits per heavy atom. The molecule has 0 saturated carbocycles. The highest BCUT2D eigenvalue weighted by Crippen LogP contribution is 2.21. The highest BCUT2D eigenvalue weighted by atomic mass is 35.5. The van der Waals surface area contributed by atoms with Gasteiger partial charge >= 0.3 is 0 Å². The Hall–Kier alpha value is -1.61. The minimum atomic E-state index is 0.208. The average molecular weight is 208 g/mol. The molecule has 70 valence electrons. The lowest BCUT2D eigenvalue weighted by molar-refractivity contribution is 0.109. The maximum atomic E-state index is 10.4. The van der Waals surface area contributed by atoms with Crippen molar-refractivity contribution < 1.29 is 9.32 Å². The van der Waals surface area contributed by atoms with Crippen LogP contribution in [0, 0.1) is 0 Å². The first-order valence-electron chi connectivity index (χ1n) is 3.97.